The molecule has 0 aliphatic rings. The number of ether oxygens (including phenoxy) is 2. The van der Waals surface area contributed by atoms with Crippen LogP contribution in [0.1, 0.15) is 28.7 Å². The minimum atomic E-state index is -5.54. The third kappa shape index (κ3) is 7.77. The van der Waals surface area contributed by atoms with Crippen LogP contribution in [-0.2, 0) is 12.5 Å². The normalized spacial score (nSPS) is 11.6. The first-order valence-corrected chi connectivity index (χ1v) is 12.7. The summed E-state index contributed by atoms with van der Waals surface area (Å²) >= 11 is 0. The first-order chi connectivity index (χ1) is 21.5. The molecule has 14 heteroatoms. The van der Waals surface area contributed by atoms with Gasteiger partial charge in [0, 0.05) is 23.3 Å². The number of hydrogen-bond donors (Lipinski definition) is 0. The molecule has 0 aromatic heterocycles. The molecule has 0 atom stereocenters. The molecule has 46 heavy (non-hydrogen) atoms. The van der Waals surface area contributed by atoms with Crippen LogP contribution < -0.4 is 9.47 Å². The van der Waals surface area contributed by atoms with Crippen LogP contribution in [0.15, 0.2) is 67.3 Å². The van der Waals surface area contributed by atoms with Gasteiger partial charge in [0.25, 0.3) is 0 Å². The van der Waals surface area contributed by atoms with E-state index in [1.807, 2.05) is 0 Å². The van der Waals surface area contributed by atoms with Gasteiger partial charge in [-0.05, 0) is 60.4 Å². The van der Waals surface area contributed by atoms with Gasteiger partial charge in [0.2, 0.25) is 5.75 Å². The zero-order chi connectivity index (χ0) is 34.0. The Morgan fingerprint density at radius 1 is 0.652 bits per heavy atom. The molecule has 0 bridgehead atoms. The van der Waals surface area contributed by atoms with Crippen molar-refractivity contribution in [2.24, 2.45) is 0 Å². The van der Waals surface area contributed by atoms with E-state index in [4.69, 9.17) is 0 Å². The molecule has 4 rings (SSSR count). The average molecular weight is 660 g/mol. The molecule has 0 unspecified atom stereocenters. The topological polar surface area (TPSA) is 18.5 Å². The minimum Gasteiger partial charge on any atom is -0.429 e. The van der Waals surface area contributed by atoms with Crippen LogP contribution in [0, 0.1) is 52.6 Å². The van der Waals surface area contributed by atoms with E-state index in [0.717, 1.165) is 30.3 Å². The Morgan fingerprint density at radius 3 is 1.76 bits per heavy atom. The van der Waals surface area contributed by atoms with Gasteiger partial charge in [-0.3, -0.25) is 0 Å². The standard InChI is InChI=1S/C32H16F12O2/c1-2-3-4-17-10-23(34)21(24(35)11-17)8-6-16-5-7-20(22(33)9-16)18-12-25(36)29(26(37)13-18)31(40,41)45-19-14-27(38)30(28(39)15-19)46-32(42,43)44/h2,5,7,9-15H,1,3-4H2. The summed E-state index contributed by atoms with van der Waals surface area (Å²) in [6.07, 6.45) is -8.13. The molecule has 0 heterocycles. The van der Waals surface area contributed by atoms with Crippen LogP contribution in [0.4, 0.5) is 52.7 Å². The second-order valence-electron chi connectivity index (χ2n) is 9.40. The van der Waals surface area contributed by atoms with E-state index < -0.39 is 86.9 Å². The van der Waals surface area contributed by atoms with Crippen molar-refractivity contribution in [2.45, 2.75) is 25.3 Å². The Hall–Kier alpha value is -5.06. The van der Waals surface area contributed by atoms with Crippen molar-refractivity contribution in [3.05, 3.63) is 130 Å². The summed E-state index contributed by atoms with van der Waals surface area (Å²) in [6, 6.07) is 5.32. The third-order valence-electron chi connectivity index (χ3n) is 6.12. The van der Waals surface area contributed by atoms with E-state index in [9.17, 15) is 52.7 Å². The molecule has 0 amide bonds. The van der Waals surface area contributed by atoms with Gasteiger partial charge < -0.3 is 9.47 Å². The van der Waals surface area contributed by atoms with E-state index in [1.54, 1.807) is 6.08 Å². The summed E-state index contributed by atoms with van der Waals surface area (Å²) in [4.78, 5) is 0. The number of allylic oxidation sites excluding steroid dienone is 1. The molecule has 0 aliphatic carbocycles. The minimum absolute atomic E-state index is 0.112. The second kappa shape index (κ2) is 13.1. The molecule has 0 fully saturated rings. The van der Waals surface area contributed by atoms with Crippen molar-refractivity contribution in [2.75, 3.05) is 0 Å². The molecular weight excluding hydrogens is 644 g/mol. The number of halogens is 12. The third-order valence-corrected chi connectivity index (χ3v) is 6.12. The Balaban J connectivity index is 1.59. The van der Waals surface area contributed by atoms with Crippen LogP contribution in [0.25, 0.3) is 11.1 Å². The monoisotopic (exact) mass is 660 g/mol. The Morgan fingerprint density at radius 2 is 1.24 bits per heavy atom. The summed E-state index contributed by atoms with van der Waals surface area (Å²) in [6.45, 7) is 3.52. The average Bonchev–Trinajstić information content (AvgIpc) is 2.92. The smallest absolute Gasteiger partial charge is 0.429 e. The Kier molecular flexibility index (Phi) is 9.65. The largest absolute Gasteiger partial charge is 0.573 e. The Labute approximate surface area is 252 Å². The van der Waals surface area contributed by atoms with Crippen LogP contribution >= 0.6 is 0 Å². The number of benzene rings is 4. The van der Waals surface area contributed by atoms with Crippen molar-refractivity contribution in [3.8, 4) is 34.5 Å². The second-order valence-corrected chi connectivity index (χ2v) is 9.40. The fraction of sp³-hybridized carbons (Fsp3) is 0.125. The summed E-state index contributed by atoms with van der Waals surface area (Å²) in [5.74, 6) is -10.1. The van der Waals surface area contributed by atoms with Gasteiger partial charge in [-0.25, -0.2) is 30.7 Å². The van der Waals surface area contributed by atoms with Crippen LogP contribution in [0.5, 0.6) is 11.5 Å². The molecule has 4 aromatic rings. The quantitative estimate of drug-likeness (QED) is 0.106. The predicted molar refractivity (Wildman–Crippen MR) is 140 cm³/mol. The van der Waals surface area contributed by atoms with Gasteiger partial charge >= 0.3 is 12.5 Å². The lowest BCUT2D eigenvalue weighted by molar-refractivity contribution is -0.276. The molecule has 240 valence electrons. The van der Waals surface area contributed by atoms with Gasteiger partial charge in [-0.15, -0.1) is 19.8 Å². The zero-order valence-electron chi connectivity index (χ0n) is 22.7. The van der Waals surface area contributed by atoms with Crippen LogP contribution in [0.3, 0.4) is 0 Å². The maximum Gasteiger partial charge on any atom is 0.573 e. The van der Waals surface area contributed by atoms with Gasteiger partial charge in [0.05, 0.1) is 5.56 Å². The molecule has 0 saturated carbocycles. The lowest BCUT2D eigenvalue weighted by Gasteiger charge is -2.20. The van der Waals surface area contributed by atoms with E-state index in [0.29, 0.717) is 30.5 Å². The fourth-order valence-corrected chi connectivity index (χ4v) is 4.13. The number of hydrogen-bond acceptors (Lipinski definition) is 2. The molecule has 0 spiro atoms. The lowest BCUT2D eigenvalue weighted by atomic mass is 10.00. The van der Waals surface area contributed by atoms with Crippen molar-refractivity contribution >= 4 is 0 Å². The number of rotatable bonds is 8. The highest BCUT2D eigenvalue weighted by Gasteiger charge is 2.42. The maximum atomic E-state index is 14.9. The highest BCUT2D eigenvalue weighted by Crippen LogP contribution is 2.39. The van der Waals surface area contributed by atoms with Crippen molar-refractivity contribution < 1.29 is 62.2 Å². The molecule has 4 aromatic carbocycles. The SMILES string of the molecule is C=CCCc1cc(F)c(C#Cc2ccc(-c3cc(F)c(C(F)(F)Oc4cc(F)c(OC(F)(F)F)c(F)c4)c(F)c3)c(F)c2)c(F)c1. The predicted octanol–water partition coefficient (Wildman–Crippen LogP) is 9.87. The highest BCUT2D eigenvalue weighted by molar-refractivity contribution is 5.66. The summed E-state index contributed by atoms with van der Waals surface area (Å²) in [5.41, 5.74) is -3.51. The molecule has 0 radical (unpaired) electrons. The van der Waals surface area contributed by atoms with E-state index in [2.05, 4.69) is 27.9 Å². The van der Waals surface area contributed by atoms with E-state index >= 15 is 0 Å². The van der Waals surface area contributed by atoms with E-state index in [-0.39, 0.29) is 17.7 Å². The fourth-order valence-electron chi connectivity index (χ4n) is 4.13. The van der Waals surface area contributed by atoms with Crippen LogP contribution in [-0.4, -0.2) is 6.36 Å². The Bertz CT molecular complexity index is 1800. The number of alkyl halides is 5. The zero-order valence-corrected chi connectivity index (χ0v) is 22.7. The first kappa shape index (κ1) is 33.8. The summed E-state index contributed by atoms with van der Waals surface area (Å²) < 4.78 is 174. The molecule has 2 nitrogen and oxygen atoms in total. The molecular formula is C32H16F12O2. The molecule has 0 N–H and O–H groups in total. The lowest BCUT2D eigenvalue weighted by Crippen LogP contribution is -2.25. The summed E-state index contributed by atoms with van der Waals surface area (Å²) in [7, 11) is 0. The van der Waals surface area contributed by atoms with E-state index in [1.165, 1.54) is 0 Å². The van der Waals surface area contributed by atoms with Crippen molar-refractivity contribution in [1.29, 1.82) is 0 Å². The van der Waals surface area contributed by atoms with Gasteiger partial charge in [-0.1, -0.05) is 24.0 Å². The number of aryl methyl sites for hydroxylation is 1. The molecule has 0 aliphatic heterocycles. The van der Waals surface area contributed by atoms with Crippen molar-refractivity contribution in [1.82, 2.24) is 0 Å². The van der Waals surface area contributed by atoms with Gasteiger partial charge in [0.1, 0.15) is 40.4 Å². The van der Waals surface area contributed by atoms with Crippen molar-refractivity contribution in [3.63, 3.8) is 0 Å². The summed E-state index contributed by atoms with van der Waals surface area (Å²) in [5, 5.41) is 0. The first-order valence-electron chi connectivity index (χ1n) is 12.7. The maximum absolute atomic E-state index is 14.9. The van der Waals surface area contributed by atoms with Crippen LogP contribution in [0.2, 0.25) is 0 Å². The van der Waals surface area contributed by atoms with Gasteiger partial charge in [0.15, 0.2) is 11.6 Å². The highest BCUT2D eigenvalue weighted by atomic mass is 19.4. The van der Waals surface area contributed by atoms with Gasteiger partial charge in [-0.2, -0.15) is 8.78 Å². The molecule has 0 saturated heterocycles.